The first kappa shape index (κ1) is 21.7. The number of carbonyl (C=O) groups excluding carboxylic acids is 1. The molecule has 2 heterocycles. The Morgan fingerprint density at radius 1 is 1.00 bits per heavy atom. The Morgan fingerprint density at radius 3 is 2.38 bits per heavy atom. The van der Waals surface area contributed by atoms with Gasteiger partial charge in [-0.25, -0.2) is 8.42 Å². The summed E-state index contributed by atoms with van der Waals surface area (Å²) < 4.78 is 28.4. The quantitative estimate of drug-likeness (QED) is 0.675. The lowest BCUT2D eigenvalue weighted by molar-refractivity contribution is -0.125. The molecule has 3 aliphatic rings. The zero-order valence-corrected chi connectivity index (χ0v) is 19.6. The molecule has 0 bridgehead atoms. The van der Waals surface area contributed by atoms with E-state index >= 15 is 0 Å². The molecular weight excluding hydrogens is 420 g/mol. The molecule has 0 aromatic heterocycles. The molecule has 2 aromatic rings. The number of benzene rings is 2. The molecule has 5 rings (SSSR count). The number of amides is 1. The minimum atomic E-state index is -3.52. The first-order chi connectivity index (χ1) is 15.4. The van der Waals surface area contributed by atoms with E-state index in [1.165, 1.54) is 5.56 Å². The monoisotopic (exact) mass is 452 g/mol. The highest BCUT2D eigenvalue weighted by atomic mass is 32.2. The molecule has 1 unspecified atom stereocenters. The van der Waals surface area contributed by atoms with E-state index < -0.39 is 10.0 Å². The van der Waals surface area contributed by atoms with Crippen LogP contribution in [0, 0.1) is 11.8 Å². The molecule has 1 aliphatic carbocycles. The molecule has 2 aliphatic heterocycles. The van der Waals surface area contributed by atoms with Crippen molar-refractivity contribution in [3.63, 3.8) is 0 Å². The van der Waals surface area contributed by atoms with Crippen molar-refractivity contribution < 1.29 is 13.2 Å². The van der Waals surface area contributed by atoms with Crippen LogP contribution in [0.25, 0.3) is 0 Å². The standard InChI is InChI=1S/C26H32N2O3S/c1-19-16-23-18-24(10-11-25(23)28(19)26(29)22-8-5-9-22)32(30,31)27-14-12-21(13-15-27)17-20-6-3-2-4-7-20/h2-4,6-7,10-11,18-19,21-22H,5,8-9,12-17H2,1H3. The van der Waals surface area contributed by atoms with Gasteiger partial charge in [0.05, 0.1) is 4.90 Å². The highest BCUT2D eigenvalue weighted by Crippen LogP contribution is 2.39. The number of fused-ring (bicyclic) bond motifs is 1. The first-order valence-corrected chi connectivity index (χ1v) is 13.4. The fourth-order valence-electron chi connectivity index (χ4n) is 5.41. The maximum atomic E-state index is 13.4. The average Bonchev–Trinajstić information content (AvgIpc) is 3.08. The highest BCUT2D eigenvalue weighted by Gasteiger charge is 2.38. The minimum Gasteiger partial charge on any atom is -0.309 e. The van der Waals surface area contributed by atoms with E-state index in [9.17, 15) is 13.2 Å². The maximum Gasteiger partial charge on any atom is 0.243 e. The van der Waals surface area contributed by atoms with Crippen LogP contribution in [0.2, 0.25) is 0 Å². The minimum absolute atomic E-state index is 0.0878. The lowest BCUT2D eigenvalue weighted by Crippen LogP contribution is -2.42. The molecule has 0 N–H and O–H groups in total. The fourth-order valence-corrected chi connectivity index (χ4v) is 6.93. The molecule has 0 spiro atoms. The second-order valence-corrected chi connectivity index (χ2v) is 11.7. The Balaban J connectivity index is 1.28. The van der Waals surface area contributed by atoms with Crippen molar-refractivity contribution in [2.75, 3.05) is 18.0 Å². The summed E-state index contributed by atoms with van der Waals surface area (Å²) in [6, 6.07) is 15.9. The Morgan fingerprint density at radius 2 is 1.72 bits per heavy atom. The zero-order chi connectivity index (χ0) is 22.3. The number of piperidine rings is 1. The summed E-state index contributed by atoms with van der Waals surface area (Å²) in [7, 11) is -3.52. The van der Waals surface area contributed by atoms with Gasteiger partial charge in [0.25, 0.3) is 0 Å². The van der Waals surface area contributed by atoms with Crippen LogP contribution >= 0.6 is 0 Å². The van der Waals surface area contributed by atoms with Crippen LogP contribution in [0.1, 0.15) is 50.2 Å². The summed E-state index contributed by atoms with van der Waals surface area (Å²) in [4.78, 5) is 15.2. The first-order valence-electron chi connectivity index (χ1n) is 11.9. The zero-order valence-electron chi connectivity index (χ0n) is 18.7. The molecule has 1 atom stereocenters. The topological polar surface area (TPSA) is 57.7 Å². The van der Waals surface area contributed by atoms with Crippen LogP contribution in [0.15, 0.2) is 53.4 Å². The third-order valence-corrected chi connectivity index (χ3v) is 9.43. The average molecular weight is 453 g/mol. The molecule has 1 saturated heterocycles. The molecule has 2 aromatic carbocycles. The van der Waals surface area contributed by atoms with Gasteiger partial charge in [0, 0.05) is 30.7 Å². The van der Waals surface area contributed by atoms with Crippen LogP contribution in [0.5, 0.6) is 0 Å². The number of sulfonamides is 1. The van der Waals surface area contributed by atoms with Crippen molar-refractivity contribution >= 4 is 21.6 Å². The SMILES string of the molecule is CC1Cc2cc(S(=O)(=O)N3CCC(Cc4ccccc4)CC3)ccc2N1C(=O)C1CCC1. The smallest absolute Gasteiger partial charge is 0.243 e. The van der Waals surface area contributed by atoms with Gasteiger partial charge < -0.3 is 4.90 Å². The van der Waals surface area contributed by atoms with Gasteiger partial charge in [0.2, 0.25) is 15.9 Å². The summed E-state index contributed by atoms with van der Waals surface area (Å²) >= 11 is 0. The summed E-state index contributed by atoms with van der Waals surface area (Å²) in [6.45, 7) is 3.20. The van der Waals surface area contributed by atoms with Crippen molar-refractivity contribution in [3.8, 4) is 0 Å². The van der Waals surface area contributed by atoms with Gasteiger partial charge in [0.1, 0.15) is 0 Å². The van der Waals surface area contributed by atoms with E-state index in [2.05, 4.69) is 31.2 Å². The van der Waals surface area contributed by atoms with Crippen molar-refractivity contribution in [2.45, 2.75) is 62.8 Å². The highest BCUT2D eigenvalue weighted by molar-refractivity contribution is 7.89. The summed E-state index contributed by atoms with van der Waals surface area (Å²) in [5.74, 6) is 0.874. The Labute approximate surface area is 191 Å². The Bertz CT molecular complexity index is 1090. The van der Waals surface area contributed by atoms with Gasteiger partial charge in [-0.15, -0.1) is 0 Å². The maximum absolute atomic E-state index is 13.4. The van der Waals surface area contributed by atoms with Gasteiger partial charge in [-0.05, 0) is 80.7 Å². The Kier molecular flexibility index (Phi) is 5.84. The van der Waals surface area contributed by atoms with E-state index in [4.69, 9.17) is 0 Å². The lowest BCUT2D eigenvalue weighted by atomic mass is 9.84. The van der Waals surface area contributed by atoms with E-state index in [0.717, 1.165) is 56.2 Å². The number of hydrogen-bond donors (Lipinski definition) is 0. The van der Waals surface area contributed by atoms with Crippen LogP contribution in [0.3, 0.4) is 0 Å². The van der Waals surface area contributed by atoms with Crippen molar-refractivity contribution in [2.24, 2.45) is 11.8 Å². The van der Waals surface area contributed by atoms with Gasteiger partial charge in [-0.2, -0.15) is 4.31 Å². The van der Waals surface area contributed by atoms with E-state index in [0.29, 0.717) is 23.9 Å². The van der Waals surface area contributed by atoms with Crippen LogP contribution < -0.4 is 4.90 Å². The van der Waals surface area contributed by atoms with Gasteiger partial charge in [-0.3, -0.25) is 4.79 Å². The summed E-state index contributed by atoms with van der Waals surface area (Å²) in [5.41, 5.74) is 3.20. The van der Waals surface area contributed by atoms with Crippen molar-refractivity contribution in [1.29, 1.82) is 0 Å². The molecule has 32 heavy (non-hydrogen) atoms. The molecule has 1 amide bonds. The van der Waals surface area contributed by atoms with Crippen molar-refractivity contribution in [3.05, 3.63) is 59.7 Å². The van der Waals surface area contributed by atoms with Crippen LogP contribution in [-0.4, -0.2) is 37.8 Å². The second-order valence-electron chi connectivity index (χ2n) is 9.72. The molecule has 170 valence electrons. The molecule has 1 saturated carbocycles. The van der Waals surface area contributed by atoms with Gasteiger partial charge in [-0.1, -0.05) is 36.8 Å². The molecule has 2 fully saturated rings. The number of anilines is 1. The van der Waals surface area contributed by atoms with Crippen molar-refractivity contribution in [1.82, 2.24) is 4.31 Å². The fraction of sp³-hybridized carbons (Fsp3) is 0.500. The Hall–Kier alpha value is -2.18. The third kappa shape index (κ3) is 3.99. The van der Waals surface area contributed by atoms with E-state index in [-0.39, 0.29) is 17.9 Å². The largest absolute Gasteiger partial charge is 0.309 e. The van der Waals surface area contributed by atoms with Gasteiger partial charge >= 0.3 is 0 Å². The van der Waals surface area contributed by atoms with Gasteiger partial charge in [0.15, 0.2) is 0 Å². The molecule has 6 heteroatoms. The normalized spacial score (nSPS) is 22.5. The summed E-state index contributed by atoms with van der Waals surface area (Å²) in [5, 5.41) is 0. The predicted octanol–water partition coefficient (Wildman–Crippen LogP) is 4.41. The summed E-state index contributed by atoms with van der Waals surface area (Å²) in [6.07, 6.45) is 6.59. The molecular formula is C26H32N2O3S. The number of carbonyl (C=O) groups is 1. The van der Waals surface area contributed by atoms with E-state index in [1.54, 1.807) is 10.4 Å². The number of nitrogens with zero attached hydrogens (tertiary/aromatic N) is 2. The van der Waals surface area contributed by atoms with Crippen LogP contribution in [0.4, 0.5) is 5.69 Å². The lowest BCUT2D eigenvalue weighted by Gasteiger charge is -2.32. The molecule has 5 nitrogen and oxygen atoms in total. The predicted molar refractivity (Wildman–Crippen MR) is 126 cm³/mol. The molecule has 0 radical (unpaired) electrons. The number of hydrogen-bond acceptors (Lipinski definition) is 3. The van der Waals surface area contributed by atoms with E-state index in [1.807, 2.05) is 23.1 Å². The number of rotatable bonds is 5. The van der Waals surface area contributed by atoms with Crippen LogP contribution in [-0.2, 0) is 27.7 Å². The second kappa shape index (κ2) is 8.64. The third-order valence-electron chi connectivity index (χ3n) is 7.54.